The summed E-state index contributed by atoms with van der Waals surface area (Å²) in [5, 5.41) is 3.22. The van der Waals surface area contributed by atoms with Crippen molar-refractivity contribution in [2.45, 2.75) is 23.8 Å². The highest BCUT2D eigenvalue weighted by Crippen LogP contribution is 2.31. The summed E-state index contributed by atoms with van der Waals surface area (Å²) in [6.45, 7) is 0.281. The molecule has 2 aromatic carbocycles. The fourth-order valence-corrected chi connectivity index (χ4v) is 4.93. The maximum atomic E-state index is 13.0. The smallest absolute Gasteiger partial charge is 0.243 e. The lowest BCUT2D eigenvalue weighted by Crippen LogP contribution is -2.43. The summed E-state index contributed by atoms with van der Waals surface area (Å²) >= 11 is 5.85. The Morgan fingerprint density at radius 3 is 2.50 bits per heavy atom. The van der Waals surface area contributed by atoms with E-state index in [1.54, 1.807) is 18.2 Å². The Morgan fingerprint density at radius 2 is 1.86 bits per heavy atom. The van der Waals surface area contributed by atoms with Crippen molar-refractivity contribution in [2.24, 2.45) is 0 Å². The van der Waals surface area contributed by atoms with E-state index in [2.05, 4.69) is 5.32 Å². The number of methoxy groups -OCH3 is 2. The number of anilines is 1. The van der Waals surface area contributed by atoms with E-state index in [1.165, 1.54) is 42.8 Å². The molecule has 1 fully saturated rings. The van der Waals surface area contributed by atoms with Gasteiger partial charge in [-0.3, -0.25) is 4.79 Å². The zero-order chi connectivity index (χ0) is 20.3. The fourth-order valence-electron chi connectivity index (χ4n) is 3.15. The van der Waals surface area contributed by atoms with Gasteiger partial charge in [-0.2, -0.15) is 4.31 Å². The Morgan fingerprint density at radius 1 is 1.14 bits per heavy atom. The van der Waals surface area contributed by atoms with Crippen molar-refractivity contribution in [3.05, 3.63) is 47.5 Å². The first kappa shape index (κ1) is 20.4. The first-order valence-electron chi connectivity index (χ1n) is 8.67. The molecule has 0 bridgehead atoms. The highest BCUT2D eigenvalue weighted by molar-refractivity contribution is 7.89. The van der Waals surface area contributed by atoms with Crippen molar-refractivity contribution in [3.63, 3.8) is 0 Å². The van der Waals surface area contributed by atoms with Gasteiger partial charge in [0.05, 0.1) is 24.8 Å². The van der Waals surface area contributed by atoms with Crippen LogP contribution in [0.4, 0.5) is 5.69 Å². The third-order valence-corrected chi connectivity index (χ3v) is 6.77. The van der Waals surface area contributed by atoms with Gasteiger partial charge in [0, 0.05) is 17.6 Å². The van der Waals surface area contributed by atoms with Gasteiger partial charge in [-0.15, -0.1) is 0 Å². The molecule has 0 aliphatic carbocycles. The second kappa shape index (κ2) is 8.38. The minimum absolute atomic E-state index is 0.110. The number of carbonyl (C=O) groups is 1. The van der Waals surface area contributed by atoms with Crippen LogP contribution in [0.15, 0.2) is 47.4 Å². The van der Waals surface area contributed by atoms with E-state index >= 15 is 0 Å². The van der Waals surface area contributed by atoms with Crippen LogP contribution in [0.25, 0.3) is 0 Å². The van der Waals surface area contributed by atoms with Gasteiger partial charge < -0.3 is 14.8 Å². The molecule has 2 aromatic rings. The van der Waals surface area contributed by atoms with E-state index in [-0.39, 0.29) is 11.4 Å². The molecule has 1 aliphatic rings. The molecule has 0 unspecified atom stereocenters. The van der Waals surface area contributed by atoms with Crippen molar-refractivity contribution >= 4 is 33.2 Å². The molecule has 0 radical (unpaired) electrons. The summed E-state index contributed by atoms with van der Waals surface area (Å²) in [5.74, 6) is 0.610. The van der Waals surface area contributed by atoms with E-state index < -0.39 is 22.0 Å². The number of benzene rings is 2. The van der Waals surface area contributed by atoms with Crippen molar-refractivity contribution in [1.29, 1.82) is 0 Å². The Hall–Kier alpha value is -2.29. The number of halogens is 1. The first-order valence-corrected chi connectivity index (χ1v) is 10.5. The number of hydrogen-bond donors (Lipinski definition) is 1. The highest BCUT2D eigenvalue weighted by atomic mass is 35.5. The lowest BCUT2D eigenvalue weighted by atomic mass is 10.2. The van der Waals surface area contributed by atoms with Gasteiger partial charge >= 0.3 is 0 Å². The molecule has 0 spiro atoms. The minimum atomic E-state index is -3.81. The van der Waals surface area contributed by atoms with Crippen LogP contribution in [0.1, 0.15) is 12.8 Å². The summed E-state index contributed by atoms with van der Waals surface area (Å²) in [6.07, 6.45) is 1.04. The number of hydrogen-bond acceptors (Lipinski definition) is 5. The molecule has 1 N–H and O–H groups in total. The number of nitrogens with zero attached hydrogens (tertiary/aromatic N) is 1. The molecule has 9 heteroatoms. The molecule has 0 saturated carbocycles. The summed E-state index contributed by atoms with van der Waals surface area (Å²) in [6, 6.07) is 10.1. The predicted octanol–water partition coefficient (Wildman–Crippen LogP) is 3.15. The lowest BCUT2D eigenvalue weighted by molar-refractivity contribution is -0.119. The number of rotatable bonds is 6. The Kier molecular flexibility index (Phi) is 6.12. The standard InChI is InChI=1S/C19H21ClN2O5S/c1-26-14-7-10-16(18(12-14)27-2)21-19(23)17-4-3-11-22(17)28(24,25)15-8-5-13(20)6-9-15/h5-10,12,17H,3-4,11H2,1-2H3,(H,21,23)/t17-/m1/s1. The molecule has 28 heavy (non-hydrogen) atoms. The minimum Gasteiger partial charge on any atom is -0.497 e. The molecule has 1 amide bonds. The SMILES string of the molecule is COc1ccc(NC(=O)[C@H]2CCCN2S(=O)(=O)c2ccc(Cl)cc2)c(OC)c1. The largest absolute Gasteiger partial charge is 0.497 e. The van der Waals surface area contributed by atoms with Gasteiger partial charge in [0.25, 0.3) is 0 Å². The summed E-state index contributed by atoms with van der Waals surface area (Å²) in [5.41, 5.74) is 0.448. The van der Waals surface area contributed by atoms with Crippen LogP contribution < -0.4 is 14.8 Å². The van der Waals surface area contributed by atoms with Gasteiger partial charge in [-0.25, -0.2) is 8.42 Å². The maximum absolute atomic E-state index is 13.0. The van der Waals surface area contributed by atoms with E-state index in [4.69, 9.17) is 21.1 Å². The Balaban J connectivity index is 1.83. The molecule has 1 heterocycles. The van der Waals surface area contributed by atoms with E-state index in [0.717, 1.165) is 0 Å². The third kappa shape index (κ3) is 4.09. The fraction of sp³-hybridized carbons (Fsp3) is 0.316. The van der Waals surface area contributed by atoms with Gasteiger partial charge in [0.15, 0.2) is 0 Å². The van der Waals surface area contributed by atoms with Crippen LogP contribution in [0.2, 0.25) is 5.02 Å². The number of sulfonamides is 1. The quantitative estimate of drug-likeness (QED) is 0.769. The van der Waals surface area contributed by atoms with Crippen LogP contribution >= 0.6 is 11.6 Å². The monoisotopic (exact) mass is 424 g/mol. The third-order valence-electron chi connectivity index (χ3n) is 4.59. The van der Waals surface area contributed by atoms with Crippen molar-refractivity contribution in [3.8, 4) is 11.5 Å². The van der Waals surface area contributed by atoms with Crippen LogP contribution in [-0.2, 0) is 14.8 Å². The molecule has 150 valence electrons. The number of ether oxygens (including phenoxy) is 2. The summed E-state index contributed by atoms with van der Waals surface area (Å²) in [4.78, 5) is 13.0. The van der Waals surface area contributed by atoms with E-state index in [9.17, 15) is 13.2 Å². The number of amides is 1. The molecule has 0 aromatic heterocycles. The van der Waals surface area contributed by atoms with Crippen LogP contribution in [0.3, 0.4) is 0 Å². The first-order chi connectivity index (χ1) is 13.4. The average Bonchev–Trinajstić information content (AvgIpc) is 3.19. The van der Waals surface area contributed by atoms with Crippen LogP contribution in [0.5, 0.6) is 11.5 Å². The highest BCUT2D eigenvalue weighted by Gasteiger charge is 2.39. The zero-order valence-electron chi connectivity index (χ0n) is 15.5. The molecule has 3 rings (SSSR count). The Bertz CT molecular complexity index is 963. The van der Waals surface area contributed by atoms with Crippen LogP contribution in [-0.4, -0.2) is 45.4 Å². The van der Waals surface area contributed by atoms with Crippen molar-refractivity contribution in [2.75, 3.05) is 26.1 Å². The summed E-state index contributed by atoms with van der Waals surface area (Å²) < 4.78 is 37.6. The molecule has 1 aliphatic heterocycles. The lowest BCUT2D eigenvalue weighted by Gasteiger charge is -2.24. The van der Waals surface area contributed by atoms with Gasteiger partial charge in [0.1, 0.15) is 17.5 Å². The second-order valence-corrected chi connectivity index (χ2v) is 8.61. The van der Waals surface area contributed by atoms with Crippen LogP contribution in [0, 0.1) is 0 Å². The maximum Gasteiger partial charge on any atom is 0.243 e. The zero-order valence-corrected chi connectivity index (χ0v) is 17.1. The van der Waals surface area contributed by atoms with Gasteiger partial charge in [-0.05, 0) is 49.2 Å². The average molecular weight is 425 g/mol. The Labute approximate surface area is 169 Å². The van der Waals surface area contributed by atoms with Crippen molar-refractivity contribution < 1.29 is 22.7 Å². The molecular formula is C19H21ClN2O5S. The van der Waals surface area contributed by atoms with E-state index in [1.807, 2.05) is 0 Å². The summed E-state index contributed by atoms with van der Waals surface area (Å²) in [7, 11) is -0.789. The van der Waals surface area contributed by atoms with Gasteiger partial charge in [-0.1, -0.05) is 11.6 Å². The normalized spacial score (nSPS) is 17.3. The van der Waals surface area contributed by atoms with E-state index in [0.29, 0.717) is 35.1 Å². The molecular weight excluding hydrogens is 404 g/mol. The molecule has 1 saturated heterocycles. The molecule has 7 nitrogen and oxygen atoms in total. The second-order valence-electron chi connectivity index (χ2n) is 6.28. The molecule has 1 atom stereocenters. The van der Waals surface area contributed by atoms with Gasteiger partial charge in [0.2, 0.25) is 15.9 Å². The predicted molar refractivity (Wildman–Crippen MR) is 107 cm³/mol. The topological polar surface area (TPSA) is 84.9 Å². The van der Waals surface area contributed by atoms with Crippen molar-refractivity contribution in [1.82, 2.24) is 4.31 Å². The number of carbonyl (C=O) groups excluding carboxylic acids is 1. The number of nitrogens with one attached hydrogen (secondary N) is 1.